The van der Waals surface area contributed by atoms with Crippen molar-refractivity contribution < 1.29 is 9.53 Å². The first-order chi connectivity index (χ1) is 12.5. The highest BCUT2D eigenvalue weighted by atomic mass is 16.5. The molecule has 0 aliphatic carbocycles. The molecular weight excluding hydrogens is 332 g/mol. The molecule has 0 atom stereocenters. The molecular formula is C20H18N2O4. The summed E-state index contributed by atoms with van der Waals surface area (Å²) in [5.41, 5.74) is 1.90. The van der Waals surface area contributed by atoms with E-state index < -0.39 is 17.2 Å². The van der Waals surface area contributed by atoms with Gasteiger partial charge in [-0.2, -0.15) is 0 Å². The third-order valence-corrected chi connectivity index (χ3v) is 4.20. The van der Waals surface area contributed by atoms with Gasteiger partial charge in [0.2, 0.25) is 0 Å². The number of hydrogen-bond acceptors (Lipinski definition) is 4. The second-order valence-electron chi connectivity index (χ2n) is 5.89. The zero-order chi connectivity index (χ0) is 18.7. The number of carbonyl (C=O) groups is 1. The Morgan fingerprint density at radius 2 is 1.50 bits per heavy atom. The van der Waals surface area contributed by atoms with Crippen molar-refractivity contribution in [3.05, 3.63) is 92.8 Å². The molecule has 1 heterocycles. The van der Waals surface area contributed by atoms with Gasteiger partial charge in [-0.05, 0) is 23.3 Å². The molecule has 0 unspecified atom stereocenters. The minimum absolute atomic E-state index is 0.152. The Kier molecular flexibility index (Phi) is 4.84. The first-order valence-electron chi connectivity index (χ1n) is 8.06. The topological polar surface area (TPSA) is 70.3 Å². The fourth-order valence-corrected chi connectivity index (χ4v) is 2.57. The van der Waals surface area contributed by atoms with Gasteiger partial charge in [0.25, 0.3) is 5.56 Å². The van der Waals surface area contributed by atoms with Gasteiger partial charge >= 0.3 is 11.7 Å². The monoisotopic (exact) mass is 350 g/mol. The average molecular weight is 350 g/mol. The van der Waals surface area contributed by atoms with E-state index in [1.165, 1.54) is 24.7 Å². The lowest BCUT2D eigenvalue weighted by atomic mass is 10.0. The van der Waals surface area contributed by atoms with Crippen molar-refractivity contribution in [2.75, 3.05) is 0 Å². The molecule has 0 bridgehead atoms. The van der Waals surface area contributed by atoms with Crippen molar-refractivity contribution in [3.8, 4) is 11.1 Å². The normalized spacial score (nSPS) is 10.5. The number of benzene rings is 2. The molecule has 0 saturated carbocycles. The van der Waals surface area contributed by atoms with Crippen molar-refractivity contribution >= 4 is 5.97 Å². The average Bonchev–Trinajstić information content (AvgIpc) is 2.68. The number of aromatic nitrogens is 2. The first kappa shape index (κ1) is 17.4. The molecule has 0 aliphatic rings. The molecule has 0 N–H and O–H groups in total. The highest BCUT2D eigenvalue weighted by Crippen LogP contribution is 2.19. The first-order valence-corrected chi connectivity index (χ1v) is 8.06. The maximum Gasteiger partial charge on any atom is 0.338 e. The molecule has 0 fully saturated rings. The molecule has 0 radical (unpaired) electrons. The summed E-state index contributed by atoms with van der Waals surface area (Å²) in [6, 6.07) is 18.2. The summed E-state index contributed by atoms with van der Waals surface area (Å²) < 4.78 is 7.52. The third kappa shape index (κ3) is 3.49. The van der Waals surface area contributed by atoms with Crippen LogP contribution in [-0.4, -0.2) is 15.1 Å². The molecule has 0 aliphatic heterocycles. The van der Waals surface area contributed by atoms with Gasteiger partial charge < -0.3 is 4.74 Å². The molecule has 0 spiro atoms. The van der Waals surface area contributed by atoms with Crippen LogP contribution in [0.2, 0.25) is 0 Å². The van der Waals surface area contributed by atoms with Crippen LogP contribution in [0.1, 0.15) is 16.1 Å². The van der Waals surface area contributed by atoms with Gasteiger partial charge in [0, 0.05) is 20.2 Å². The lowest BCUT2D eigenvalue weighted by Crippen LogP contribution is -2.38. The van der Waals surface area contributed by atoms with E-state index in [4.69, 9.17) is 4.74 Å². The van der Waals surface area contributed by atoms with Gasteiger partial charge in [-0.3, -0.25) is 13.9 Å². The highest BCUT2D eigenvalue weighted by Gasteiger charge is 2.11. The molecule has 3 rings (SSSR count). The largest absolute Gasteiger partial charge is 0.456 e. The van der Waals surface area contributed by atoms with Crippen LogP contribution in [-0.2, 0) is 25.4 Å². The third-order valence-electron chi connectivity index (χ3n) is 4.20. The smallest absolute Gasteiger partial charge is 0.338 e. The zero-order valence-corrected chi connectivity index (χ0v) is 14.5. The standard InChI is InChI=1S/C20H18N2O4/c1-21-17(12-18(23)22(2)20(21)25)13-26-19(24)16-10-8-15(9-11-16)14-6-4-3-5-7-14/h3-12H,13H2,1-2H3. The minimum Gasteiger partial charge on any atom is -0.456 e. The van der Waals surface area contributed by atoms with Gasteiger partial charge in [-0.25, -0.2) is 9.59 Å². The van der Waals surface area contributed by atoms with E-state index in [0.717, 1.165) is 15.7 Å². The fraction of sp³-hybridized carbons (Fsp3) is 0.150. The Hall–Kier alpha value is -3.41. The molecule has 2 aromatic carbocycles. The van der Waals surface area contributed by atoms with Gasteiger partial charge in [-0.1, -0.05) is 42.5 Å². The molecule has 132 valence electrons. The summed E-state index contributed by atoms with van der Waals surface area (Å²) in [6.07, 6.45) is 0. The van der Waals surface area contributed by atoms with Crippen LogP contribution in [0.25, 0.3) is 11.1 Å². The van der Waals surface area contributed by atoms with Crippen LogP contribution in [0, 0.1) is 0 Å². The van der Waals surface area contributed by atoms with Crippen LogP contribution >= 0.6 is 0 Å². The Bertz CT molecular complexity index is 1050. The van der Waals surface area contributed by atoms with Gasteiger partial charge in [0.1, 0.15) is 6.61 Å². The van der Waals surface area contributed by atoms with Gasteiger partial charge in [0.05, 0.1) is 11.3 Å². The molecule has 1 aromatic heterocycles. The number of hydrogen-bond donors (Lipinski definition) is 0. The van der Waals surface area contributed by atoms with Gasteiger partial charge in [0.15, 0.2) is 0 Å². The van der Waals surface area contributed by atoms with E-state index in [1.807, 2.05) is 42.5 Å². The summed E-state index contributed by atoms with van der Waals surface area (Å²) in [6.45, 7) is -0.152. The second kappa shape index (κ2) is 7.23. The van der Waals surface area contributed by atoms with Crippen molar-refractivity contribution in [2.45, 2.75) is 6.61 Å². The minimum atomic E-state index is -0.516. The van der Waals surface area contributed by atoms with E-state index in [2.05, 4.69) is 0 Å². The van der Waals surface area contributed by atoms with E-state index in [1.54, 1.807) is 12.1 Å². The summed E-state index contributed by atoms with van der Waals surface area (Å²) in [4.78, 5) is 35.8. The SMILES string of the molecule is Cn1c(COC(=O)c2ccc(-c3ccccc3)cc2)cc(=O)n(C)c1=O. The lowest BCUT2D eigenvalue weighted by Gasteiger charge is -2.10. The molecule has 6 nitrogen and oxygen atoms in total. The number of carbonyl (C=O) groups excluding carboxylic acids is 1. The molecule has 0 amide bonds. The summed E-state index contributed by atoms with van der Waals surface area (Å²) in [5.74, 6) is -0.516. The summed E-state index contributed by atoms with van der Waals surface area (Å²) >= 11 is 0. The zero-order valence-electron chi connectivity index (χ0n) is 14.5. The quantitative estimate of drug-likeness (QED) is 0.676. The molecule has 3 aromatic rings. The Morgan fingerprint density at radius 1 is 0.885 bits per heavy atom. The van der Waals surface area contributed by atoms with Crippen molar-refractivity contribution in [1.29, 1.82) is 0 Å². The van der Waals surface area contributed by atoms with E-state index >= 15 is 0 Å². The molecule has 6 heteroatoms. The van der Waals surface area contributed by atoms with E-state index in [-0.39, 0.29) is 6.61 Å². The van der Waals surface area contributed by atoms with E-state index in [0.29, 0.717) is 11.3 Å². The maximum atomic E-state index is 12.2. The van der Waals surface area contributed by atoms with Crippen LogP contribution in [0.4, 0.5) is 0 Å². The van der Waals surface area contributed by atoms with Gasteiger partial charge in [-0.15, -0.1) is 0 Å². The number of rotatable bonds is 4. The second-order valence-corrected chi connectivity index (χ2v) is 5.89. The van der Waals surface area contributed by atoms with Crippen molar-refractivity contribution in [3.63, 3.8) is 0 Å². The van der Waals surface area contributed by atoms with Crippen LogP contribution in [0.15, 0.2) is 70.3 Å². The van der Waals surface area contributed by atoms with Crippen molar-refractivity contribution in [1.82, 2.24) is 9.13 Å². The van der Waals surface area contributed by atoms with Crippen molar-refractivity contribution in [2.24, 2.45) is 14.1 Å². The summed E-state index contributed by atoms with van der Waals surface area (Å²) in [7, 11) is 2.92. The Morgan fingerprint density at radius 3 is 2.15 bits per heavy atom. The van der Waals surface area contributed by atoms with Crippen LogP contribution in [0.5, 0.6) is 0 Å². The Labute approximate surface area is 149 Å². The Balaban J connectivity index is 1.73. The summed E-state index contributed by atoms with van der Waals surface area (Å²) in [5, 5.41) is 0. The molecule has 0 saturated heterocycles. The molecule has 26 heavy (non-hydrogen) atoms. The predicted molar refractivity (Wildman–Crippen MR) is 97.9 cm³/mol. The number of esters is 1. The van der Waals surface area contributed by atoms with Crippen LogP contribution < -0.4 is 11.2 Å². The van der Waals surface area contributed by atoms with Crippen LogP contribution in [0.3, 0.4) is 0 Å². The predicted octanol–water partition coefficient (Wildman–Crippen LogP) is 2.11. The lowest BCUT2D eigenvalue weighted by molar-refractivity contribution is 0.0462. The van der Waals surface area contributed by atoms with E-state index in [9.17, 15) is 14.4 Å². The number of ether oxygens (including phenoxy) is 1. The number of nitrogens with zero attached hydrogens (tertiary/aromatic N) is 2. The maximum absolute atomic E-state index is 12.2. The fourth-order valence-electron chi connectivity index (χ4n) is 2.57. The highest BCUT2D eigenvalue weighted by molar-refractivity contribution is 5.90.